The molecule has 3 heteroatoms. The lowest BCUT2D eigenvalue weighted by molar-refractivity contribution is -0.0606. The lowest BCUT2D eigenvalue weighted by Crippen LogP contribution is -2.54. The first-order chi connectivity index (χ1) is 8.57. The Labute approximate surface area is 109 Å². The van der Waals surface area contributed by atoms with Crippen LogP contribution in [0.5, 0.6) is 5.75 Å². The van der Waals surface area contributed by atoms with Crippen LogP contribution in [0.4, 0.5) is 0 Å². The summed E-state index contributed by atoms with van der Waals surface area (Å²) in [5.74, 6) is 0.967. The predicted octanol–water partition coefficient (Wildman–Crippen LogP) is 2.27. The van der Waals surface area contributed by atoms with Gasteiger partial charge in [0.15, 0.2) is 0 Å². The van der Waals surface area contributed by atoms with E-state index in [4.69, 9.17) is 9.47 Å². The van der Waals surface area contributed by atoms with E-state index in [-0.39, 0.29) is 5.41 Å². The average Bonchev–Trinajstić information content (AvgIpc) is 2.27. The van der Waals surface area contributed by atoms with Crippen LogP contribution in [0.2, 0.25) is 0 Å². The minimum atomic E-state index is 0.0711. The Morgan fingerprint density at radius 3 is 2.61 bits per heavy atom. The summed E-state index contributed by atoms with van der Waals surface area (Å²) in [7, 11) is 1.73. The topological polar surface area (TPSA) is 30.5 Å². The molecular weight excluding hydrogens is 226 g/mol. The molecule has 3 nitrogen and oxygen atoms in total. The zero-order chi connectivity index (χ0) is 13.2. The number of ether oxygens (including phenoxy) is 2. The van der Waals surface area contributed by atoms with E-state index in [1.54, 1.807) is 7.11 Å². The lowest BCUT2D eigenvalue weighted by atomic mass is 9.77. The predicted molar refractivity (Wildman–Crippen MR) is 73.4 cm³/mol. The van der Waals surface area contributed by atoms with Gasteiger partial charge in [-0.3, -0.25) is 0 Å². The van der Waals surface area contributed by atoms with Crippen molar-refractivity contribution in [3.05, 3.63) is 29.3 Å². The first-order valence-electron chi connectivity index (χ1n) is 6.54. The Morgan fingerprint density at radius 1 is 1.39 bits per heavy atom. The molecule has 1 aliphatic heterocycles. The molecule has 100 valence electrons. The lowest BCUT2D eigenvalue weighted by Gasteiger charge is -2.43. The second-order valence-electron chi connectivity index (χ2n) is 5.51. The van der Waals surface area contributed by atoms with Gasteiger partial charge in [-0.2, -0.15) is 0 Å². The molecule has 18 heavy (non-hydrogen) atoms. The summed E-state index contributed by atoms with van der Waals surface area (Å²) in [6, 6.07) is 6.85. The van der Waals surface area contributed by atoms with Crippen LogP contribution in [-0.4, -0.2) is 32.9 Å². The van der Waals surface area contributed by atoms with E-state index in [1.807, 2.05) is 0 Å². The van der Waals surface area contributed by atoms with Crippen LogP contribution in [0, 0.1) is 6.92 Å². The quantitative estimate of drug-likeness (QED) is 0.868. The van der Waals surface area contributed by atoms with Gasteiger partial charge in [0.05, 0.1) is 25.7 Å². The van der Waals surface area contributed by atoms with Gasteiger partial charge >= 0.3 is 0 Å². The zero-order valence-corrected chi connectivity index (χ0v) is 11.7. The number of methoxy groups -OCH3 is 1. The largest absolute Gasteiger partial charge is 0.496 e. The van der Waals surface area contributed by atoms with E-state index < -0.39 is 0 Å². The van der Waals surface area contributed by atoms with Crippen molar-refractivity contribution in [3.8, 4) is 5.75 Å². The molecule has 0 aliphatic carbocycles. The normalized spacial score (nSPS) is 17.6. The molecule has 0 spiro atoms. The summed E-state index contributed by atoms with van der Waals surface area (Å²) in [4.78, 5) is 0. The van der Waals surface area contributed by atoms with Crippen molar-refractivity contribution in [3.63, 3.8) is 0 Å². The van der Waals surface area contributed by atoms with Gasteiger partial charge in [-0.05, 0) is 13.0 Å². The second-order valence-corrected chi connectivity index (χ2v) is 5.51. The highest BCUT2D eigenvalue weighted by molar-refractivity contribution is 5.44. The monoisotopic (exact) mass is 249 g/mol. The molecule has 0 bridgehead atoms. The smallest absolute Gasteiger partial charge is 0.122 e. The summed E-state index contributed by atoms with van der Waals surface area (Å²) in [6.45, 7) is 8.93. The van der Waals surface area contributed by atoms with Crippen LogP contribution < -0.4 is 10.1 Å². The number of rotatable bonds is 5. The van der Waals surface area contributed by atoms with Gasteiger partial charge in [-0.25, -0.2) is 0 Å². The highest BCUT2D eigenvalue weighted by Gasteiger charge is 2.42. The molecule has 0 atom stereocenters. The van der Waals surface area contributed by atoms with Gasteiger partial charge in [0.2, 0.25) is 0 Å². The summed E-state index contributed by atoms with van der Waals surface area (Å²) in [5.41, 5.74) is 2.60. The van der Waals surface area contributed by atoms with Crippen molar-refractivity contribution >= 4 is 0 Å². The Kier molecular flexibility index (Phi) is 3.93. The van der Waals surface area contributed by atoms with Crippen LogP contribution in [0.3, 0.4) is 0 Å². The van der Waals surface area contributed by atoms with Crippen LogP contribution in [0.1, 0.15) is 25.0 Å². The third kappa shape index (κ3) is 2.52. The van der Waals surface area contributed by atoms with Crippen LogP contribution in [-0.2, 0) is 10.2 Å². The summed E-state index contributed by atoms with van der Waals surface area (Å²) < 4.78 is 11.0. The standard InChI is InChI=1S/C15H23NO2/c1-11(2)16-8-15(9-18-10-15)13-7-12(3)5-6-14(13)17-4/h5-7,11,16H,8-10H2,1-4H3. The van der Waals surface area contributed by atoms with Crippen molar-refractivity contribution in [1.82, 2.24) is 5.32 Å². The van der Waals surface area contributed by atoms with Crippen molar-refractivity contribution in [2.45, 2.75) is 32.2 Å². The fourth-order valence-electron chi connectivity index (χ4n) is 2.34. The van der Waals surface area contributed by atoms with E-state index >= 15 is 0 Å². The minimum absolute atomic E-state index is 0.0711. The minimum Gasteiger partial charge on any atom is -0.496 e. The Balaban J connectivity index is 2.28. The molecule has 0 amide bonds. The van der Waals surface area contributed by atoms with E-state index in [0.29, 0.717) is 6.04 Å². The van der Waals surface area contributed by atoms with Gasteiger partial charge in [0.1, 0.15) is 5.75 Å². The van der Waals surface area contributed by atoms with Crippen molar-refractivity contribution < 1.29 is 9.47 Å². The molecule has 0 radical (unpaired) electrons. The maximum absolute atomic E-state index is 5.51. The fourth-order valence-corrected chi connectivity index (χ4v) is 2.34. The molecule has 1 aromatic rings. The van der Waals surface area contributed by atoms with Gasteiger partial charge in [0, 0.05) is 18.2 Å². The molecule has 0 unspecified atom stereocenters. The van der Waals surface area contributed by atoms with E-state index in [2.05, 4.69) is 44.3 Å². The Morgan fingerprint density at radius 2 is 2.11 bits per heavy atom. The number of hydrogen-bond donors (Lipinski definition) is 1. The molecule has 0 saturated carbocycles. The van der Waals surface area contributed by atoms with Gasteiger partial charge < -0.3 is 14.8 Å². The van der Waals surface area contributed by atoms with E-state index in [0.717, 1.165) is 25.5 Å². The summed E-state index contributed by atoms with van der Waals surface area (Å²) >= 11 is 0. The van der Waals surface area contributed by atoms with Crippen LogP contribution in [0.25, 0.3) is 0 Å². The van der Waals surface area contributed by atoms with Gasteiger partial charge in [-0.15, -0.1) is 0 Å². The maximum Gasteiger partial charge on any atom is 0.122 e. The van der Waals surface area contributed by atoms with Gasteiger partial charge in [0.25, 0.3) is 0 Å². The molecule has 1 aromatic carbocycles. The van der Waals surface area contributed by atoms with Crippen LogP contribution in [0.15, 0.2) is 18.2 Å². The average molecular weight is 249 g/mol. The van der Waals surface area contributed by atoms with Crippen molar-refractivity contribution in [1.29, 1.82) is 0 Å². The third-order valence-corrected chi connectivity index (χ3v) is 3.53. The summed E-state index contributed by atoms with van der Waals surface area (Å²) in [5, 5.41) is 3.52. The molecular formula is C15H23NO2. The maximum atomic E-state index is 5.51. The SMILES string of the molecule is COc1ccc(C)cc1C1(CNC(C)C)COC1. The summed E-state index contributed by atoms with van der Waals surface area (Å²) in [6.07, 6.45) is 0. The third-order valence-electron chi connectivity index (χ3n) is 3.53. The van der Waals surface area contributed by atoms with Crippen molar-refractivity contribution in [2.24, 2.45) is 0 Å². The first kappa shape index (κ1) is 13.4. The number of hydrogen-bond acceptors (Lipinski definition) is 3. The molecule has 1 heterocycles. The highest BCUT2D eigenvalue weighted by Crippen LogP contribution is 2.38. The van der Waals surface area contributed by atoms with Gasteiger partial charge in [-0.1, -0.05) is 31.5 Å². The Hall–Kier alpha value is -1.06. The van der Waals surface area contributed by atoms with E-state index in [1.165, 1.54) is 11.1 Å². The molecule has 1 N–H and O–H groups in total. The Bertz CT molecular complexity index is 411. The number of nitrogens with one attached hydrogen (secondary N) is 1. The molecule has 0 aromatic heterocycles. The second kappa shape index (κ2) is 5.29. The number of benzene rings is 1. The molecule has 1 saturated heterocycles. The van der Waals surface area contributed by atoms with Crippen LogP contribution >= 0.6 is 0 Å². The fraction of sp³-hybridized carbons (Fsp3) is 0.600. The van der Waals surface area contributed by atoms with Crippen molar-refractivity contribution in [2.75, 3.05) is 26.9 Å². The van der Waals surface area contributed by atoms with E-state index in [9.17, 15) is 0 Å². The number of aryl methyl sites for hydroxylation is 1. The zero-order valence-electron chi connectivity index (χ0n) is 11.7. The molecule has 2 rings (SSSR count). The molecule has 1 fully saturated rings. The molecule has 1 aliphatic rings. The first-order valence-corrected chi connectivity index (χ1v) is 6.54. The highest BCUT2D eigenvalue weighted by atomic mass is 16.5.